The van der Waals surface area contributed by atoms with Crippen LogP contribution in [-0.2, 0) is 5.60 Å². The maximum Gasteiger partial charge on any atom is 0.193 e. The molecule has 0 spiro atoms. The molecular weight excluding hydrogens is 480 g/mol. The third-order valence-corrected chi connectivity index (χ3v) is 6.90. The predicted molar refractivity (Wildman–Crippen MR) is 146 cm³/mol. The van der Waals surface area contributed by atoms with E-state index in [2.05, 4.69) is 24.3 Å². The first-order chi connectivity index (χ1) is 18.7. The van der Waals surface area contributed by atoms with Crippen molar-refractivity contribution in [3.05, 3.63) is 108 Å². The van der Waals surface area contributed by atoms with Gasteiger partial charge in [-0.1, -0.05) is 72.8 Å². The van der Waals surface area contributed by atoms with E-state index in [1.807, 2.05) is 72.8 Å². The molecule has 0 bridgehead atoms. The number of aliphatic hydroxyl groups is 2. The Morgan fingerprint density at radius 1 is 0.579 bits per heavy atom. The normalized spacial score (nSPS) is 13.9. The van der Waals surface area contributed by atoms with Gasteiger partial charge in [-0.15, -0.1) is 0 Å². The van der Waals surface area contributed by atoms with Crippen LogP contribution in [-0.4, -0.2) is 43.2 Å². The highest BCUT2D eigenvalue weighted by atomic mass is 16.6. The SMILES string of the molecule is OCCOc1ccc(C2(c3ccc(OCCO)cc3)COc3c(c4ccccc4c4ccccc34)O2)cc1. The van der Waals surface area contributed by atoms with Crippen LogP contribution in [0.4, 0.5) is 0 Å². The van der Waals surface area contributed by atoms with Gasteiger partial charge in [-0.05, 0) is 35.0 Å². The van der Waals surface area contributed by atoms with Gasteiger partial charge in [0.1, 0.15) is 31.3 Å². The van der Waals surface area contributed by atoms with E-state index in [0.717, 1.165) is 38.4 Å². The van der Waals surface area contributed by atoms with Crippen LogP contribution in [0.25, 0.3) is 21.5 Å². The smallest absolute Gasteiger partial charge is 0.193 e. The average Bonchev–Trinajstić information content (AvgIpc) is 2.99. The molecule has 0 aliphatic carbocycles. The number of hydrogen-bond donors (Lipinski definition) is 2. The van der Waals surface area contributed by atoms with E-state index in [-0.39, 0.29) is 33.0 Å². The molecule has 1 heterocycles. The van der Waals surface area contributed by atoms with Crippen LogP contribution in [0.5, 0.6) is 23.0 Å². The van der Waals surface area contributed by atoms with Crippen LogP contribution >= 0.6 is 0 Å². The zero-order valence-corrected chi connectivity index (χ0v) is 20.8. The quantitative estimate of drug-likeness (QED) is 0.272. The summed E-state index contributed by atoms with van der Waals surface area (Å²) in [5.74, 6) is 2.77. The van der Waals surface area contributed by atoms with E-state index < -0.39 is 5.60 Å². The van der Waals surface area contributed by atoms with Crippen LogP contribution in [0.3, 0.4) is 0 Å². The van der Waals surface area contributed by atoms with Crippen molar-refractivity contribution in [1.82, 2.24) is 0 Å². The summed E-state index contributed by atoms with van der Waals surface area (Å²) in [7, 11) is 0. The second kappa shape index (κ2) is 10.2. The Balaban J connectivity index is 1.51. The zero-order valence-electron chi connectivity index (χ0n) is 20.8. The number of fused-ring (bicyclic) bond motifs is 6. The van der Waals surface area contributed by atoms with E-state index in [4.69, 9.17) is 29.2 Å². The van der Waals surface area contributed by atoms with Crippen LogP contribution in [0.15, 0.2) is 97.1 Å². The molecular formula is C32H28O6. The zero-order chi connectivity index (χ0) is 26.0. The Bertz CT molecular complexity index is 1510. The highest BCUT2D eigenvalue weighted by Gasteiger charge is 2.43. The molecule has 0 amide bonds. The van der Waals surface area contributed by atoms with E-state index in [9.17, 15) is 0 Å². The third-order valence-electron chi connectivity index (χ3n) is 6.90. The molecule has 0 atom stereocenters. The molecule has 0 saturated carbocycles. The number of benzene rings is 5. The summed E-state index contributed by atoms with van der Waals surface area (Å²) in [5.41, 5.74) is 0.866. The number of ether oxygens (including phenoxy) is 4. The molecule has 0 aromatic heterocycles. The maximum absolute atomic E-state index is 9.12. The van der Waals surface area contributed by atoms with Gasteiger partial charge in [0.05, 0.1) is 13.2 Å². The van der Waals surface area contributed by atoms with Crippen molar-refractivity contribution in [2.45, 2.75) is 5.60 Å². The van der Waals surface area contributed by atoms with Crippen molar-refractivity contribution in [2.24, 2.45) is 0 Å². The lowest BCUT2D eigenvalue weighted by molar-refractivity contribution is 0.0234. The highest BCUT2D eigenvalue weighted by Crippen LogP contribution is 2.51. The lowest BCUT2D eigenvalue weighted by Gasteiger charge is -2.40. The Labute approximate surface area is 220 Å². The number of rotatable bonds is 8. The molecule has 6 heteroatoms. The van der Waals surface area contributed by atoms with Crippen molar-refractivity contribution < 1.29 is 29.2 Å². The Hall–Kier alpha value is -4.26. The Morgan fingerprint density at radius 2 is 1.03 bits per heavy atom. The molecule has 5 aromatic rings. The van der Waals surface area contributed by atoms with Crippen molar-refractivity contribution in [2.75, 3.05) is 33.0 Å². The standard InChI is InChI=1S/C32H28O6/c33-17-19-35-24-13-9-22(10-14-24)32(23-11-15-25(16-12-23)36-20-18-34)21-37-30-28-7-3-1-5-26(28)27-6-2-4-8-29(27)31(30)38-32/h1-16,33-34H,17-21H2. The summed E-state index contributed by atoms with van der Waals surface area (Å²) >= 11 is 0. The van der Waals surface area contributed by atoms with E-state index in [0.29, 0.717) is 17.2 Å². The van der Waals surface area contributed by atoms with Gasteiger partial charge in [-0.25, -0.2) is 0 Å². The molecule has 0 fully saturated rings. The van der Waals surface area contributed by atoms with Gasteiger partial charge in [-0.3, -0.25) is 0 Å². The predicted octanol–water partition coefficient (Wildman–Crippen LogP) is 5.45. The summed E-state index contributed by atoms with van der Waals surface area (Å²) in [6.45, 7) is 0.615. The van der Waals surface area contributed by atoms with Crippen LogP contribution in [0.1, 0.15) is 11.1 Å². The van der Waals surface area contributed by atoms with Gasteiger partial charge in [-0.2, -0.15) is 0 Å². The summed E-state index contributed by atoms with van der Waals surface area (Å²) in [5, 5.41) is 22.5. The first kappa shape index (κ1) is 24.1. The fourth-order valence-corrected chi connectivity index (χ4v) is 5.12. The number of aliphatic hydroxyl groups excluding tert-OH is 2. The van der Waals surface area contributed by atoms with Crippen LogP contribution in [0, 0.1) is 0 Å². The summed E-state index contributed by atoms with van der Waals surface area (Å²) in [4.78, 5) is 0. The molecule has 5 aromatic carbocycles. The van der Waals surface area contributed by atoms with Crippen molar-refractivity contribution in [1.29, 1.82) is 0 Å². The van der Waals surface area contributed by atoms with Gasteiger partial charge in [0.2, 0.25) is 0 Å². The molecule has 2 N–H and O–H groups in total. The summed E-state index contributed by atoms with van der Waals surface area (Å²) < 4.78 is 24.9. The van der Waals surface area contributed by atoms with Gasteiger partial charge >= 0.3 is 0 Å². The highest BCUT2D eigenvalue weighted by molar-refractivity contribution is 6.13. The lowest BCUT2D eigenvalue weighted by Crippen LogP contribution is -2.43. The second-order valence-electron chi connectivity index (χ2n) is 9.16. The lowest BCUT2D eigenvalue weighted by atomic mass is 9.85. The summed E-state index contributed by atoms with van der Waals surface area (Å²) in [6, 6.07) is 31.9. The Kier molecular flexibility index (Phi) is 6.50. The minimum absolute atomic E-state index is 0.0504. The molecule has 0 unspecified atom stereocenters. The molecule has 6 nitrogen and oxygen atoms in total. The minimum Gasteiger partial charge on any atom is -0.491 e. The fourth-order valence-electron chi connectivity index (χ4n) is 5.12. The molecule has 38 heavy (non-hydrogen) atoms. The largest absolute Gasteiger partial charge is 0.491 e. The Morgan fingerprint density at radius 3 is 1.50 bits per heavy atom. The van der Waals surface area contributed by atoms with Crippen molar-refractivity contribution in [3.63, 3.8) is 0 Å². The molecule has 0 radical (unpaired) electrons. The van der Waals surface area contributed by atoms with E-state index >= 15 is 0 Å². The van der Waals surface area contributed by atoms with E-state index in [1.54, 1.807) is 0 Å². The van der Waals surface area contributed by atoms with Gasteiger partial charge in [0.25, 0.3) is 0 Å². The van der Waals surface area contributed by atoms with Crippen LogP contribution in [0.2, 0.25) is 0 Å². The van der Waals surface area contributed by atoms with Gasteiger partial charge in [0.15, 0.2) is 17.1 Å². The fraction of sp³-hybridized carbons (Fsp3) is 0.188. The topological polar surface area (TPSA) is 77.4 Å². The third kappa shape index (κ3) is 4.18. The maximum atomic E-state index is 9.12. The monoisotopic (exact) mass is 508 g/mol. The van der Waals surface area contributed by atoms with Crippen LogP contribution < -0.4 is 18.9 Å². The molecule has 0 saturated heterocycles. The van der Waals surface area contributed by atoms with Crippen molar-refractivity contribution in [3.8, 4) is 23.0 Å². The number of hydrogen-bond acceptors (Lipinski definition) is 6. The molecule has 1 aliphatic heterocycles. The summed E-state index contributed by atoms with van der Waals surface area (Å²) in [6.07, 6.45) is 0. The molecule has 6 rings (SSSR count). The van der Waals surface area contributed by atoms with Gasteiger partial charge < -0.3 is 29.2 Å². The van der Waals surface area contributed by atoms with E-state index in [1.165, 1.54) is 0 Å². The minimum atomic E-state index is -0.941. The first-order valence-corrected chi connectivity index (χ1v) is 12.7. The van der Waals surface area contributed by atoms with Gasteiger partial charge in [0, 0.05) is 21.9 Å². The molecule has 192 valence electrons. The average molecular weight is 509 g/mol. The van der Waals surface area contributed by atoms with Crippen molar-refractivity contribution >= 4 is 21.5 Å². The first-order valence-electron chi connectivity index (χ1n) is 12.7. The second-order valence-corrected chi connectivity index (χ2v) is 9.16. The molecule has 1 aliphatic rings.